The van der Waals surface area contributed by atoms with E-state index in [4.69, 9.17) is 10.5 Å². The molecule has 2 aromatic rings. The standard InChI is InChI=1S/C17H22N4O2/c18-16(14-6-8-23-9-7-14)17(22)19-10-13-11-20-21(12-13)15-4-2-1-3-5-15/h1-5,11-12,14,16H,6-10,18H2,(H,19,22). The Morgan fingerprint density at radius 3 is 2.83 bits per heavy atom. The van der Waals surface area contributed by atoms with Crippen LogP contribution in [0, 0.1) is 5.92 Å². The molecule has 1 atom stereocenters. The zero-order valence-electron chi connectivity index (χ0n) is 13.0. The van der Waals surface area contributed by atoms with Crippen molar-refractivity contribution >= 4 is 5.91 Å². The molecule has 1 unspecified atom stereocenters. The molecule has 0 radical (unpaired) electrons. The lowest BCUT2D eigenvalue weighted by Gasteiger charge is -2.26. The molecule has 1 aliphatic heterocycles. The van der Waals surface area contributed by atoms with Crippen LogP contribution in [0.15, 0.2) is 42.7 Å². The first-order valence-electron chi connectivity index (χ1n) is 7.94. The van der Waals surface area contributed by atoms with Crippen molar-refractivity contribution in [2.45, 2.75) is 25.4 Å². The van der Waals surface area contributed by atoms with E-state index in [2.05, 4.69) is 10.4 Å². The molecule has 1 saturated heterocycles. The summed E-state index contributed by atoms with van der Waals surface area (Å²) in [4.78, 5) is 12.2. The van der Waals surface area contributed by atoms with Gasteiger partial charge in [-0.1, -0.05) is 18.2 Å². The first-order valence-corrected chi connectivity index (χ1v) is 7.94. The van der Waals surface area contributed by atoms with Gasteiger partial charge < -0.3 is 15.8 Å². The summed E-state index contributed by atoms with van der Waals surface area (Å²) < 4.78 is 7.10. The van der Waals surface area contributed by atoms with Crippen LogP contribution in [0.25, 0.3) is 5.69 Å². The van der Waals surface area contributed by atoms with Gasteiger partial charge in [-0.05, 0) is 30.9 Å². The van der Waals surface area contributed by atoms with Crippen LogP contribution in [0.3, 0.4) is 0 Å². The minimum atomic E-state index is -0.469. The van der Waals surface area contributed by atoms with Crippen molar-refractivity contribution in [1.82, 2.24) is 15.1 Å². The van der Waals surface area contributed by atoms with Crippen molar-refractivity contribution in [3.63, 3.8) is 0 Å². The Hall–Kier alpha value is -2.18. The maximum atomic E-state index is 12.2. The highest BCUT2D eigenvalue weighted by Gasteiger charge is 2.26. The fourth-order valence-corrected chi connectivity index (χ4v) is 2.77. The van der Waals surface area contributed by atoms with Gasteiger partial charge in [0.25, 0.3) is 0 Å². The number of hydrogen-bond acceptors (Lipinski definition) is 4. The summed E-state index contributed by atoms with van der Waals surface area (Å²) in [6.07, 6.45) is 5.36. The predicted molar refractivity (Wildman–Crippen MR) is 86.9 cm³/mol. The number of nitrogens with zero attached hydrogens (tertiary/aromatic N) is 2. The summed E-state index contributed by atoms with van der Waals surface area (Å²) in [7, 11) is 0. The van der Waals surface area contributed by atoms with E-state index in [9.17, 15) is 4.79 Å². The van der Waals surface area contributed by atoms with E-state index < -0.39 is 6.04 Å². The Labute approximate surface area is 135 Å². The number of benzene rings is 1. The third kappa shape index (κ3) is 3.97. The lowest BCUT2D eigenvalue weighted by molar-refractivity contribution is -0.124. The van der Waals surface area contributed by atoms with Gasteiger partial charge in [-0.3, -0.25) is 4.79 Å². The molecule has 2 heterocycles. The summed E-state index contributed by atoms with van der Waals surface area (Å²) in [6, 6.07) is 9.39. The number of para-hydroxylation sites is 1. The monoisotopic (exact) mass is 314 g/mol. The number of amides is 1. The van der Waals surface area contributed by atoms with Crippen LogP contribution in [0.2, 0.25) is 0 Å². The molecule has 3 rings (SSSR count). The number of carbonyl (C=O) groups is 1. The van der Waals surface area contributed by atoms with Gasteiger partial charge in [-0.25, -0.2) is 4.68 Å². The van der Waals surface area contributed by atoms with Crippen LogP contribution in [-0.4, -0.2) is 34.9 Å². The van der Waals surface area contributed by atoms with Gasteiger partial charge in [-0.15, -0.1) is 0 Å². The second kappa shape index (κ2) is 7.39. The highest BCUT2D eigenvalue weighted by molar-refractivity contribution is 5.81. The van der Waals surface area contributed by atoms with E-state index in [0.29, 0.717) is 19.8 Å². The minimum Gasteiger partial charge on any atom is -0.381 e. The Morgan fingerprint density at radius 1 is 1.35 bits per heavy atom. The molecule has 1 fully saturated rings. The molecule has 1 aromatic heterocycles. The van der Waals surface area contributed by atoms with Crippen LogP contribution in [0.1, 0.15) is 18.4 Å². The molecule has 1 amide bonds. The number of nitrogens with one attached hydrogen (secondary N) is 1. The topological polar surface area (TPSA) is 82.2 Å². The normalized spacial score (nSPS) is 16.9. The molecular weight excluding hydrogens is 292 g/mol. The van der Waals surface area contributed by atoms with Gasteiger partial charge in [0, 0.05) is 31.5 Å². The molecule has 122 valence electrons. The smallest absolute Gasteiger partial charge is 0.237 e. The van der Waals surface area contributed by atoms with Crippen molar-refractivity contribution < 1.29 is 9.53 Å². The van der Waals surface area contributed by atoms with Gasteiger partial charge in [0.15, 0.2) is 0 Å². The van der Waals surface area contributed by atoms with E-state index in [1.807, 2.05) is 36.5 Å². The largest absolute Gasteiger partial charge is 0.381 e. The lowest BCUT2D eigenvalue weighted by Crippen LogP contribution is -2.46. The van der Waals surface area contributed by atoms with E-state index in [1.165, 1.54) is 0 Å². The zero-order chi connectivity index (χ0) is 16.1. The Bertz CT molecular complexity index is 635. The highest BCUT2D eigenvalue weighted by Crippen LogP contribution is 2.17. The van der Waals surface area contributed by atoms with Gasteiger partial charge in [0.2, 0.25) is 5.91 Å². The second-order valence-electron chi connectivity index (χ2n) is 5.82. The van der Waals surface area contributed by atoms with Crippen LogP contribution < -0.4 is 11.1 Å². The number of nitrogens with two attached hydrogens (primary N) is 1. The average molecular weight is 314 g/mol. The Balaban J connectivity index is 1.54. The first kappa shape index (κ1) is 15.7. The lowest BCUT2D eigenvalue weighted by atomic mass is 9.92. The summed E-state index contributed by atoms with van der Waals surface area (Å²) in [5, 5.41) is 7.22. The van der Waals surface area contributed by atoms with E-state index in [0.717, 1.165) is 24.1 Å². The maximum Gasteiger partial charge on any atom is 0.237 e. The molecule has 1 aliphatic rings. The van der Waals surface area contributed by atoms with Gasteiger partial charge in [0.1, 0.15) is 0 Å². The summed E-state index contributed by atoms with van der Waals surface area (Å²) in [5.41, 5.74) is 8.00. The van der Waals surface area contributed by atoms with Crippen molar-refractivity contribution in [2.75, 3.05) is 13.2 Å². The Morgan fingerprint density at radius 2 is 2.09 bits per heavy atom. The number of ether oxygens (including phenoxy) is 1. The molecule has 0 aliphatic carbocycles. The maximum absolute atomic E-state index is 12.2. The third-order valence-electron chi connectivity index (χ3n) is 4.20. The van der Waals surface area contributed by atoms with Gasteiger partial charge in [-0.2, -0.15) is 5.10 Å². The minimum absolute atomic E-state index is 0.107. The third-order valence-corrected chi connectivity index (χ3v) is 4.20. The number of rotatable bonds is 5. The molecule has 3 N–H and O–H groups in total. The van der Waals surface area contributed by atoms with Crippen molar-refractivity contribution in [3.05, 3.63) is 48.3 Å². The molecule has 1 aromatic carbocycles. The molecular formula is C17H22N4O2. The van der Waals surface area contributed by atoms with E-state index in [-0.39, 0.29) is 11.8 Å². The van der Waals surface area contributed by atoms with Crippen LogP contribution in [-0.2, 0) is 16.1 Å². The fraction of sp³-hybridized carbons (Fsp3) is 0.412. The number of hydrogen-bond donors (Lipinski definition) is 2. The summed E-state index contributed by atoms with van der Waals surface area (Å²) >= 11 is 0. The molecule has 0 saturated carbocycles. The van der Waals surface area contributed by atoms with Crippen molar-refractivity contribution in [1.29, 1.82) is 0 Å². The molecule has 6 heteroatoms. The summed E-state index contributed by atoms with van der Waals surface area (Å²) in [5.74, 6) is 0.0974. The number of carbonyl (C=O) groups excluding carboxylic acids is 1. The van der Waals surface area contributed by atoms with E-state index >= 15 is 0 Å². The Kier molecular flexibility index (Phi) is 5.05. The first-order chi connectivity index (χ1) is 11.2. The molecule has 23 heavy (non-hydrogen) atoms. The quantitative estimate of drug-likeness (QED) is 0.870. The molecule has 6 nitrogen and oxygen atoms in total. The van der Waals surface area contributed by atoms with Crippen LogP contribution >= 0.6 is 0 Å². The summed E-state index contributed by atoms with van der Waals surface area (Å²) in [6.45, 7) is 1.81. The predicted octanol–water partition coefficient (Wildman–Crippen LogP) is 1.24. The highest BCUT2D eigenvalue weighted by atomic mass is 16.5. The fourth-order valence-electron chi connectivity index (χ4n) is 2.77. The SMILES string of the molecule is NC(C(=O)NCc1cnn(-c2ccccc2)c1)C1CCOCC1. The molecule has 0 bridgehead atoms. The molecule has 0 spiro atoms. The van der Waals surface area contributed by atoms with Gasteiger partial charge >= 0.3 is 0 Å². The van der Waals surface area contributed by atoms with Crippen LogP contribution in [0.5, 0.6) is 0 Å². The van der Waals surface area contributed by atoms with Gasteiger partial charge in [0.05, 0.1) is 17.9 Å². The van der Waals surface area contributed by atoms with Crippen LogP contribution in [0.4, 0.5) is 0 Å². The van der Waals surface area contributed by atoms with E-state index in [1.54, 1.807) is 10.9 Å². The number of aromatic nitrogens is 2. The van der Waals surface area contributed by atoms with Crippen molar-refractivity contribution in [2.24, 2.45) is 11.7 Å². The van der Waals surface area contributed by atoms with Crippen molar-refractivity contribution in [3.8, 4) is 5.69 Å². The zero-order valence-corrected chi connectivity index (χ0v) is 13.0. The second-order valence-corrected chi connectivity index (χ2v) is 5.82. The average Bonchev–Trinajstić information content (AvgIpc) is 3.09.